The first kappa shape index (κ1) is 21.2. The highest BCUT2D eigenvalue weighted by Gasteiger charge is 2.41. The molecule has 1 unspecified atom stereocenters. The molecule has 156 valence electrons. The zero-order valence-electron chi connectivity index (χ0n) is 17.0. The van der Waals surface area contributed by atoms with Crippen LogP contribution in [0.4, 0.5) is 5.69 Å². The number of carbonyl (C=O) groups excluding carboxylic acids is 3. The maximum Gasteiger partial charge on any atom is 0.282 e. The van der Waals surface area contributed by atoms with E-state index in [1.54, 1.807) is 0 Å². The molecule has 0 saturated heterocycles. The molecular formula is C22H23N3O5. The fourth-order valence-electron chi connectivity index (χ4n) is 3.57. The highest BCUT2D eigenvalue weighted by atomic mass is 16.6. The van der Waals surface area contributed by atoms with E-state index in [1.165, 1.54) is 23.8 Å². The summed E-state index contributed by atoms with van der Waals surface area (Å²) in [6, 6.07) is 11.5. The Hall–Kier alpha value is -3.55. The van der Waals surface area contributed by atoms with Gasteiger partial charge in [0.15, 0.2) is 0 Å². The number of aryl methyl sites for hydroxylation is 1. The Morgan fingerprint density at radius 1 is 1.10 bits per heavy atom. The molecule has 3 rings (SSSR count). The Morgan fingerprint density at radius 3 is 2.33 bits per heavy atom. The van der Waals surface area contributed by atoms with E-state index in [4.69, 9.17) is 0 Å². The number of nitro groups is 1. The van der Waals surface area contributed by atoms with Crippen molar-refractivity contribution in [2.45, 2.75) is 33.2 Å². The first-order valence-electron chi connectivity index (χ1n) is 9.76. The van der Waals surface area contributed by atoms with Crippen molar-refractivity contribution in [1.29, 1.82) is 0 Å². The van der Waals surface area contributed by atoms with Crippen LogP contribution in [0.2, 0.25) is 0 Å². The van der Waals surface area contributed by atoms with Crippen molar-refractivity contribution in [2.24, 2.45) is 5.92 Å². The Labute approximate surface area is 174 Å². The average molecular weight is 409 g/mol. The molecule has 1 heterocycles. The summed E-state index contributed by atoms with van der Waals surface area (Å²) < 4.78 is 0. The molecule has 0 fully saturated rings. The number of nitro benzene ring substituents is 1. The van der Waals surface area contributed by atoms with Gasteiger partial charge in [-0.05, 0) is 29.5 Å². The predicted octanol–water partition coefficient (Wildman–Crippen LogP) is 3.27. The molecule has 0 bridgehead atoms. The molecule has 8 heteroatoms. The summed E-state index contributed by atoms with van der Waals surface area (Å²) in [5.74, 6) is -1.97. The van der Waals surface area contributed by atoms with E-state index in [0.29, 0.717) is 0 Å². The molecular weight excluding hydrogens is 386 g/mol. The zero-order valence-corrected chi connectivity index (χ0v) is 17.0. The molecule has 2 aromatic rings. The quantitative estimate of drug-likeness (QED) is 0.429. The monoisotopic (exact) mass is 409 g/mol. The van der Waals surface area contributed by atoms with Gasteiger partial charge in [0, 0.05) is 6.07 Å². The third-order valence-electron chi connectivity index (χ3n) is 5.21. The average Bonchev–Trinajstić information content (AvgIpc) is 2.96. The van der Waals surface area contributed by atoms with Gasteiger partial charge in [0.25, 0.3) is 17.5 Å². The number of hydrogen-bond acceptors (Lipinski definition) is 5. The Balaban J connectivity index is 1.78. The minimum atomic E-state index is -0.828. The van der Waals surface area contributed by atoms with Crippen LogP contribution in [0.1, 0.15) is 58.7 Å². The molecule has 0 saturated carbocycles. The van der Waals surface area contributed by atoms with Crippen molar-refractivity contribution in [3.63, 3.8) is 0 Å². The number of carbonyl (C=O) groups is 3. The van der Waals surface area contributed by atoms with Gasteiger partial charge in [-0.1, -0.05) is 51.1 Å². The second-order valence-electron chi connectivity index (χ2n) is 7.54. The number of nitrogens with one attached hydrogen (secondary N) is 1. The summed E-state index contributed by atoms with van der Waals surface area (Å²) in [4.78, 5) is 49.2. The second-order valence-corrected chi connectivity index (χ2v) is 7.54. The summed E-state index contributed by atoms with van der Waals surface area (Å²) in [5, 5.41) is 14.1. The number of hydrogen-bond donors (Lipinski definition) is 1. The molecule has 0 aliphatic carbocycles. The van der Waals surface area contributed by atoms with Gasteiger partial charge in [0.2, 0.25) is 5.91 Å². The number of imide groups is 1. The third-order valence-corrected chi connectivity index (χ3v) is 5.21. The van der Waals surface area contributed by atoms with Crippen molar-refractivity contribution >= 4 is 23.4 Å². The molecule has 1 aliphatic rings. The first-order chi connectivity index (χ1) is 14.2. The summed E-state index contributed by atoms with van der Waals surface area (Å²) in [7, 11) is 0. The van der Waals surface area contributed by atoms with E-state index in [9.17, 15) is 24.5 Å². The zero-order chi connectivity index (χ0) is 22.0. The van der Waals surface area contributed by atoms with Gasteiger partial charge in [0.1, 0.15) is 12.1 Å². The number of benzene rings is 2. The fourth-order valence-corrected chi connectivity index (χ4v) is 3.57. The molecule has 2 aromatic carbocycles. The molecule has 3 amide bonds. The van der Waals surface area contributed by atoms with E-state index >= 15 is 0 Å². The van der Waals surface area contributed by atoms with Crippen LogP contribution in [-0.2, 0) is 11.2 Å². The lowest BCUT2D eigenvalue weighted by Gasteiger charge is -2.24. The van der Waals surface area contributed by atoms with Crippen LogP contribution in [-0.4, -0.2) is 34.1 Å². The highest BCUT2D eigenvalue weighted by molar-refractivity contribution is 6.24. The number of fused-ring (bicyclic) bond motifs is 1. The maximum atomic E-state index is 12.7. The standard InChI is InChI=1S/C22H23N3O5/c1-4-14-8-10-15(11-9-14)20(13(2)3)23-18(26)12-24-21(27)16-6-5-7-17(25(29)30)19(16)22(24)28/h5-11,13,20H,4,12H2,1-3H3,(H,23,26). The van der Waals surface area contributed by atoms with Crippen molar-refractivity contribution < 1.29 is 19.3 Å². The molecule has 30 heavy (non-hydrogen) atoms. The van der Waals surface area contributed by atoms with Crippen molar-refractivity contribution in [3.8, 4) is 0 Å². The van der Waals surface area contributed by atoms with Gasteiger partial charge < -0.3 is 5.32 Å². The minimum absolute atomic E-state index is 0.0578. The predicted molar refractivity (Wildman–Crippen MR) is 110 cm³/mol. The molecule has 1 atom stereocenters. The molecule has 0 aromatic heterocycles. The van der Waals surface area contributed by atoms with Crippen molar-refractivity contribution in [1.82, 2.24) is 10.2 Å². The Kier molecular flexibility index (Phi) is 5.96. The number of nitrogens with zero attached hydrogens (tertiary/aromatic N) is 2. The summed E-state index contributed by atoms with van der Waals surface area (Å²) in [6.45, 7) is 5.48. The minimum Gasteiger partial charge on any atom is -0.347 e. The van der Waals surface area contributed by atoms with Crippen LogP contribution >= 0.6 is 0 Å². The Bertz CT molecular complexity index is 1010. The normalized spacial score (nSPS) is 14.1. The van der Waals surface area contributed by atoms with Gasteiger partial charge in [-0.2, -0.15) is 0 Å². The second kappa shape index (κ2) is 8.44. The van der Waals surface area contributed by atoms with Crippen LogP contribution in [0.3, 0.4) is 0 Å². The summed E-state index contributed by atoms with van der Waals surface area (Å²) >= 11 is 0. The SMILES string of the molecule is CCc1ccc(C(NC(=O)CN2C(=O)c3cccc([N+](=O)[O-])c3C2=O)C(C)C)cc1. The molecule has 0 spiro atoms. The van der Waals surface area contributed by atoms with E-state index in [2.05, 4.69) is 12.2 Å². The molecule has 1 aliphatic heterocycles. The Morgan fingerprint density at radius 2 is 1.77 bits per heavy atom. The van der Waals surface area contributed by atoms with E-state index in [-0.39, 0.29) is 23.1 Å². The van der Waals surface area contributed by atoms with Crippen LogP contribution in [0.5, 0.6) is 0 Å². The van der Waals surface area contributed by atoms with Gasteiger partial charge >= 0.3 is 0 Å². The van der Waals surface area contributed by atoms with Gasteiger partial charge in [-0.3, -0.25) is 29.4 Å². The lowest BCUT2D eigenvalue weighted by atomic mass is 9.95. The lowest BCUT2D eigenvalue weighted by Crippen LogP contribution is -2.42. The van der Waals surface area contributed by atoms with E-state index < -0.39 is 34.9 Å². The van der Waals surface area contributed by atoms with E-state index in [1.807, 2.05) is 38.1 Å². The van der Waals surface area contributed by atoms with Crippen LogP contribution in [0, 0.1) is 16.0 Å². The molecule has 8 nitrogen and oxygen atoms in total. The van der Waals surface area contributed by atoms with Crippen molar-refractivity contribution in [2.75, 3.05) is 6.54 Å². The van der Waals surface area contributed by atoms with Gasteiger partial charge in [-0.25, -0.2) is 0 Å². The molecule has 0 radical (unpaired) electrons. The lowest BCUT2D eigenvalue weighted by molar-refractivity contribution is -0.385. The fraction of sp³-hybridized carbons (Fsp3) is 0.318. The molecule has 1 N–H and O–H groups in total. The smallest absolute Gasteiger partial charge is 0.282 e. The van der Waals surface area contributed by atoms with Gasteiger partial charge in [-0.15, -0.1) is 0 Å². The number of rotatable bonds is 7. The summed E-state index contributed by atoms with van der Waals surface area (Å²) in [6.07, 6.45) is 0.908. The largest absolute Gasteiger partial charge is 0.347 e. The van der Waals surface area contributed by atoms with Crippen LogP contribution < -0.4 is 5.32 Å². The number of amides is 3. The van der Waals surface area contributed by atoms with E-state index in [0.717, 1.165) is 16.9 Å². The highest BCUT2D eigenvalue weighted by Crippen LogP contribution is 2.30. The first-order valence-corrected chi connectivity index (χ1v) is 9.76. The topological polar surface area (TPSA) is 110 Å². The van der Waals surface area contributed by atoms with Crippen LogP contribution in [0.25, 0.3) is 0 Å². The van der Waals surface area contributed by atoms with Crippen molar-refractivity contribution in [3.05, 3.63) is 74.8 Å². The van der Waals surface area contributed by atoms with Crippen LogP contribution in [0.15, 0.2) is 42.5 Å². The summed E-state index contributed by atoms with van der Waals surface area (Å²) in [5.41, 5.74) is 1.34. The third kappa shape index (κ3) is 3.94. The van der Waals surface area contributed by atoms with Gasteiger partial charge in [0.05, 0.1) is 16.5 Å². The maximum absolute atomic E-state index is 12.7.